The Labute approximate surface area is 413 Å². The van der Waals surface area contributed by atoms with Gasteiger partial charge in [-0.15, -0.1) is 0 Å². The monoisotopic (exact) mass is 975 g/mol. The Morgan fingerprint density at radius 1 is 0.426 bits per heavy atom. The maximum Gasteiger partial charge on any atom is 0.472 e. The molecule has 390 valence electrons. The van der Waals surface area contributed by atoms with Crippen LogP contribution in [0.4, 0.5) is 0 Å². The highest BCUT2D eigenvalue weighted by Gasteiger charge is 2.28. The van der Waals surface area contributed by atoms with Gasteiger partial charge in [-0.1, -0.05) is 202 Å². The number of rotatable bonds is 48. The Hall–Kier alpha value is -3.34. The van der Waals surface area contributed by atoms with Crippen LogP contribution >= 0.6 is 7.82 Å². The van der Waals surface area contributed by atoms with Crippen LogP contribution in [0.15, 0.2) is 85.1 Å². The fourth-order valence-electron chi connectivity index (χ4n) is 6.85. The average molecular weight is 975 g/mol. The molecule has 0 spiro atoms. The third-order valence-corrected chi connectivity index (χ3v) is 11.8. The number of ether oxygens (including phenoxy) is 3. The second kappa shape index (κ2) is 50.1. The van der Waals surface area contributed by atoms with Crippen molar-refractivity contribution in [1.82, 2.24) is 0 Å². The van der Waals surface area contributed by atoms with E-state index in [1.807, 2.05) is 18.2 Å². The van der Waals surface area contributed by atoms with E-state index in [2.05, 4.69) is 87.6 Å². The lowest BCUT2D eigenvalue weighted by Crippen LogP contribution is -2.30. The van der Waals surface area contributed by atoms with Gasteiger partial charge in [-0.25, -0.2) is 4.57 Å². The zero-order chi connectivity index (χ0) is 49.9. The van der Waals surface area contributed by atoms with Crippen LogP contribution in [0.2, 0.25) is 0 Å². The Balaban J connectivity index is 4.83. The minimum absolute atomic E-state index is 0.0519. The fraction of sp³-hybridized carbons (Fsp3) is 0.696. The van der Waals surface area contributed by atoms with Gasteiger partial charge in [0, 0.05) is 19.3 Å². The maximum absolute atomic E-state index is 12.9. The van der Waals surface area contributed by atoms with E-state index in [0.29, 0.717) is 19.3 Å². The number of phosphoric ester groups is 1. The number of aliphatic hydroxyl groups is 1. The number of esters is 3. The van der Waals surface area contributed by atoms with Gasteiger partial charge in [-0.3, -0.25) is 23.4 Å². The lowest BCUT2D eigenvalue weighted by atomic mass is 10.0. The average Bonchev–Trinajstić information content (AvgIpc) is 3.32. The highest BCUT2D eigenvalue weighted by molar-refractivity contribution is 7.47. The lowest BCUT2D eigenvalue weighted by Gasteiger charge is -2.21. The Bertz CT molecular complexity index is 1460. The van der Waals surface area contributed by atoms with Crippen molar-refractivity contribution in [2.45, 2.75) is 226 Å². The molecule has 0 rings (SSSR count). The van der Waals surface area contributed by atoms with Gasteiger partial charge in [0.05, 0.1) is 19.8 Å². The van der Waals surface area contributed by atoms with Crippen molar-refractivity contribution in [1.29, 1.82) is 0 Å². The van der Waals surface area contributed by atoms with Crippen molar-refractivity contribution in [2.24, 2.45) is 0 Å². The number of allylic oxidation sites excluding steroid dienone is 14. The van der Waals surface area contributed by atoms with Crippen molar-refractivity contribution in [3.63, 3.8) is 0 Å². The first-order valence-electron chi connectivity index (χ1n) is 26.5. The van der Waals surface area contributed by atoms with Crippen LogP contribution in [0, 0.1) is 0 Å². The molecule has 0 saturated carbocycles. The van der Waals surface area contributed by atoms with Gasteiger partial charge in [-0.2, -0.15) is 0 Å². The summed E-state index contributed by atoms with van der Waals surface area (Å²) in [6, 6.07) is 0. The van der Waals surface area contributed by atoms with E-state index >= 15 is 0 Å². The predicted octanol–water partition coefficient (Wildman–Crippen LogP) is 15.1. The summed E-state index contributed by atoms with van der Waals surface area (Å²) in [6.07, 6.45) is 55.7. The molecule has 0 aromatic rings. The van der Waals surface area contributed by atoms with Crippen LogP contribution in [-0.4, -0.2) is 66.5 Å². The summed E-state index contributed by atoms with van der Waals surface area (Å²) in [4.78, 5) is 48.3. The van der Waals surface area contributed by atoms with Crippen LogP contribution < -0.4 is 0 Å². The normalized spacial score (nSPS) is 14.1. The number of hydrogen-bond acceptors (Lipinski definition) is 10. The molecule has 3 atom stereocenters. The number of carbonyl (C=O) groups is 3. The smallest absolute Gasteiger partial charge is 0.462 e. The number of phosphoric acid groups is 1. The Morgan fingerprint density at radius 3 is 1.26 bits per heavy atom. The minimum atomic E-state index is -4.77. The van der Waals surface area contributed by atoms with Crippen molar-refractivity contribution >= 4 is 25.7 Å². The van der Waals surface area contributed by atoms with Crippen molar-refractivity contribution < 1.29 is 52.2 Å². The highest BCUT2D eigenvalue weighted by Crippen LogP contribution is 2.43. The molecule has 0 aliphatic carbocycles. The van der Waals surface area contributed by atoms with Gasteiger partial charge in [-0.05, 0) is 77.0 Å². The number of aliphatic hydroxyl groups excluding tert-OH is 1. The van der Waals surface area contributed by atoms with E-state index in [0.717, 1.165) is 83.5 Å². The minimum Gasteiger partial charge on any atom is -0.462 e. The largest absolute Gasteiger partial charge is 0.472 e. The van der Waals surface area contributed by atoms with Gasteiger partial charge in [0.1, 0.15) is 12.7 Å². The molecule has 0 aliphatic heterocycles. The molecule has 0 bridgehead atoms. The second-order valence-electron chi connectivity index (χ2n) is 17.3. The Kier molecular flexibility index (Phi) is 47.6. The maximum atomic E-state index is 12.9. The number of unbranched alkanes of at least 4 members (excludes halogenated alkanes) is 17. The van der Waals surface area contributed by atoms with Crippen molar-refractivity contribution in [3.05, 3.63) is 85.1 Å². The summed E-state index contributed by atoms with van der Waals surface area (Å²) in [5.74, 6) is -1.59. The molecule has 0 fully saturated rings. The van der Waals surface area contributed by atoms with Crippen LogP contribution in [0.1, 0.15) is 213 Å². The molecule has 68 heavy (non-hydrogen) atoms. The summed E-state index contributed by atoms with van der Waals surface area (Å²) in [5.41, 5.74) is 0. The number of carbonyl (C=O) groups excluding carboxylic acids is 3. The van der Waals surface area contributed by atoms with E-state index < -0.39 is 57.8 Å². The van der Waals surface area contributed by atoms with Gasteiger partial charge >= 0.3 is 25.7 Å². The molecule has 2 N–H and O–H groups in total. The molecular weight excluding hydrogens is 880 g/mol. The van der Waals surface area contributed by atoms with Gasteiger partial charge in [0.15, 0.2) is 6.10 Å². The summed E-state index contributed by atoms with van der Waals surface area (Å²) in [7, 11) is -4.77. The molecule has 0 aromatic carbocycles. The zero-order valence-corrected chi connectivity index (χ0v) is 43.7. The van der Waals surface area contributed by atoms with Crippen molar-refractivity contribution in [3.8, 4) is 0 Å². The van der Waals surface area contributed by atoms with Crippen LogP contribution in [0.5, 0.6) is 0 Å². The second-order valence-corrected chi connectivity index (χ2v) is 18.7. The topological polar surface area (TPSA) is 155 Å². The standard InChI is InChI=1S/C56H95O11P/c1-4-7-10-13-16-19-22-25-26-29-32-35-38-41-44-47-56(60)67-53(49-63-54(58)45-42-39-36-33-30-27-23-20-17-14-11-8-5-2)51-65-68(61,62)64-50-52(48-57)66-55(59)46-43-40-37-34-31-28-24-21-18-15-12-9-6-3/h8-9,11-12,17-18,20-21,27-28,30-31,37,40,52-53,57H,4-7,10,13-16,19,22-26,29,32-36,38-39,41-51H2,1-3H3,(H,61,62)/b11-8-,12-9-,20-17-,21-18-,30-27-,31-28-,40-37-. The van der Waals surface area contributed by atoms with E-state index in [1.54, 1.807) is 0 Å². The summed E-state index contributed by atoms with van der Waals surface area (Å²) in [6.45, 7) is 4.29. The molecule has 0 saturated heterocycles. The molecule has 0 amide bonds. The molecule has 12 heteroatoms. The quantitative estimate of drug-likeness (QED) is 0.0197. The molecule has 0 aromatic heterocycles. The van der Waals surface area contributed by atoms with Gasteiger partial charge in [0.25, 0.3) is 0 Å². The number of hydrogen-bond donors (Lipinski definition) is 2. The third-order valence-electron chi connectivity index (χ3n) is 10.8. The third kappa shape index (κ3) is 47.7. The van der Waals surface area contributed by atoms with E-state index in [1.165, 1.54) is 70.6 Å². The van der Waals surface area contributed by atoms with E-state index in [-0.39, 0.29) is 25.9 Å². The molecule has 0 aliphatic rings. The first kappa shape index (κ1) is 64.7. The first-order chi connectivity index (χ1) is 33.2. The van der Waals surface area contributed by atoms with Crippen LogP contribution in [-0.2, 0) is 42.2 Å². The lowest BCUT2D eigenvalue weighted by molar-refractivity contribution is -0.161. The highest BCUT2D eigenvalue weighted by atomic mass is 31.2. The first-order valence-corrected chi connectivity index (χ1v) is 28.0. The molecule has 11 nitrogen and oxygen atoms in total. The predicted molar refractivity (Wildman–Crippen MR) is 279 cm³/mol. The molecule has 0 radical (unpaired) electrons. The zero-order valence-electron chi connectivity index (χ0n) is 42.8. The molecule has 0 heterocycles. The van der Waals surface area contributed by atoms with E-state index in [9.17, 15) is 28.9 Å². The SMILES string of the molecule is CC/C=C\C/C=C\C/C=C\C/C=C\CCC(=O)OC(CO)COP(=O)(O)OCC(COC(=O)CCCCC/C=C\C/C=C\C/C=C\CC)OC(=O)CCCCCCCCCCCCCCCCC. The van der Waals surface area contributed by atoms with E-state index in [4.69, 9.17) is 23.3 Å². The molecule has 3 unspecified atom stereocenters. The van der Waals surface area contributed by atoms with Gasteiger partial charge < -0.3 is 24.2 Å². The Morgan fingerprint density at radius 2 is 0.794 bits per heavy atom. The summed E-state index contributed by atoms with van der Waals surface area (Å²) < 4.78 is 39.3. The summed E-state index contributed by atoms with van der Waals surface area (Å²) in [5, 5.41) is 9.76. The fourth-order valence-corrected chi connectivity index (χ4v) is 7.64. The van der Waals surface area contributed by atoms with Gasteiger partial charge in [0.2, 0.25) is 0 Å². The van der Waals surface area contributed by atoms with Crippen molar-refractivity contribution in [2.75, 3.05) is 26.4 Å². The van der Waals surface area contributed by atoms with Crippen LogP contribution in [0.3, 0.4) is 0 Å². The molecular formula is C56H95O11P. The summed E-state index contributed by atoms with van der Waals surface area (Å²) >= 11 is 0. The van der Waals surface area contributed by atoms with Crippen LogP contribution in [0.25, 0.3) is 0 Å².